The van der Waals surface area contributed by atoms with Gasteiger partial charge < -0.3 is 15.5 Å². The molecule has 0 atom stereocenters. The number of aromatic nitrogens is 4. The van der Waals surface area contributed by atoms with Crippen LogP contribution in [-0.4, -0.2) is 55.6 Å². The van der Waals surface area contributed by atoms with Gasteiger partial charge in [-0.1, -0.05) is 18.2 Å². The van der Waals surface area contributed by atoms with E-state index in [9.17, 15) is 9.59 Å². The third kappa shape index (κ3) is 3.78. The van der Waals surface area contributed by atoms with Crippen molar-refractivity contribution in [2.24, 2.45) is 0 Å². The Bertz CT molecular complexity index is 994. The number of hydrogen-bond acceptors (Lipinski definition) is 5. The lowest BCUT2D eigenvalue weighted by atomic mass is 10.1. The molecule has 9 heteroatoms. The highest BCUT2D eigenvalue weighted by Crippen LogP contribution is 2.14. The lowest BCUT2D eigenvalue weighted by Crippen LogP contribution is -2.47. The summed E-state index contributed by atoms with van der Waals surface area (Å²) in [5.74, 6) is 0.181. The zero-order chi connectivity index (χ0) is 19.5. The van der Waals surface area contributed by atoms with Crippen molar-refractivity contribution in [1.29, 1.82) is 0 Å². The first-order chi connectivity index (χ1) is 13.6. The summed E-state index contributed by atoms with van der Waals surface area (Å²) in [6.07, 6.45) is 2.99. The second-order valence-electron chi connectivity index (χ2n) is 6.76. The Morgan fingerprint density at radius 1 is 1.11 bits per heavy atom. The van der Waals surface area contributed by atoms with Crippen LogP contribution in [0.5, 0.6) is 0 Å². The van der Waals surface area contributed by atoms with Crippen LogP contribution in [0.4, 0.5) is 10.5 Å². The van der Waals surface area contributed by atoms with Crippen LogP contribution < -0.4 is 10.6 Å². The predicted octanol–water partition coefficient (Wildman–Crippen LogP) is 1.86. The predicted molar refractivity (Wildman–Crippen MR) is 103 cm³/mol. The maximum absolute atomic E-state index is 12.5. The van der Waals surface area contributed by atoms with E-state index in [-0.39, 0.29) is 23.8 Å². The Balaban J connectivity index is 1.31. The van der Waals surface area contributed by atoms with Gasteiger partial charge in [0.05, 0.1) is 0 Å². The quantitative estimate of drug-likeness (QED) is 0.723. The summed E-state index contributed by atoms with van der Waals surface area (Å²) < 4.78 is 1.55. The van der Waals surface area contributed by atoms with Crippen molar-refractivity contribution in [1.82, 2.24) is 29.8 Å². The van der Waals surface area contributed by atoms with Gasteiger partial charge in [0.25, 0.3) is 11.7 Å². The molecular formula is C19H21N7O2. The lowest BCUT2D eigenvalue weighted by molar-refractivity contribution is 0.0909. The molecule has 1 aliphatic rings. The molecule has 9 nitrogen and oxygen atoms in total. The number of benzene rings is 1. The molecule has 3 aromatic rings. The van der Waals surface area contributed by atoms with E-state index in [2.05, 4.69) is 25.7 Å². The van der Waals surface area contributed by atoms with E-state index >= 15 is 0 Å². The molecular weight excluding hydrogens is 358 g/mol. The maximum Gasteiger partial charge on any atom is 0.321 e. The number of urea groups is 1. The lowest BCUT2D eigenvalue weighted by Gasteiger charge is -2.32. The second-order valence-corrected chi connectivity index (χ2v) is 6.76. The van der Waals surface area contributed by atoms with Gasteiger partial charge in [0, 0.05) is 36.7 Å². The largest absolute Gasteiger partial charge is 0.346 e. The average molecular weight is 379 g/mol. The van der Waals surface area contributed by atoms with Gasteiger partial charge in [-0.15, -0.1) is 5.10 Å². The fourth-order valence-electron chi connectivity index (χ4n) is 3.20. The van der Waals surface area contributed by atoms with Gasteiger partial charge in [-0.05, 0) is 38.0 Å². The van der Waals surface area contributed by atoms with Crippen LogP contribution in [0.1, 0.15) is 29.2 Å². The number of aryl methyl sites for hydroxylation is 1. The smallest absolute Gasteiger partial charge is 0.321 e. The summed E-state index contributed by atoms with van der Waals surface area (Å²) in [6.45, 7) is 3.02. The molecule has 2 N–H and O–H groups in total. The number of anilines is 1. The SMILES string of the molecule is Cc1ccnc2nc(C(=O)NC3CCN(C(=O)Nc4ccccc4)CC3)nn12. The first-order valence-corrected chi connectivity index (χ1v) is 9.20. The van der Waals surface area contributed by atoms with Gasteiger partial charge in [0.1, 0.15) is 0 Å². The number of piperidine rings is 1. The minimum atomic E-state index is -0.322. The first-order valence-electron chi connectivity index (χ1n) is 9.20. The molecule has 3 heterocycles. The van der Waals surface area contributed by atoms with Gasteiger partial charge in [-0.25, -0.2) is 14.3 Å². The van der Waals surface area contributed by atoms with Crippen molar-refractivity contribution in [2.75, 3.05) is 18.4 Å². The number of rotatable bonds is 3. The molecule has 1 saturated heterocycles. The Hall–Kier alpha value is -3.49. The van der Waals surface area contributed by atoms with Crippen molar-refractivity contribution in [3.05, 3.63) is 54.1 Å². The number of para-hydroxylation sites is 1. The molecule has 1 aliphatic heterocycles. The number of likely N-dealkylation sites (tertiary alicyclic amines) is 1. The monoisotopic (exact) mass is 379 g/mol. The van der Waals surface area contributed by atoms with Gasteiger partial charge in [-0.2, -0.15) is 4.98 Å². The van der Waals surface area contributed by atoms with Gasteiger partial charge in [-0.3, -0.25) is 4.79 Å². The summed E-state index contributed by atoms with van der Waals surface area (Å²) in [5.41, 5.74) is 1.62. The zero-order valence-corrected chi connectivity index (χ0v) is 15.5. The minimum Gasteiger partial charge on any atom is -0.346 e. The fraction of sp³-hybridized carbons (Fsp3) is 0.316. The van der Waals surface area contributed by atoms with Crippen molar-refractivity contribution >= 4 is 23.4 Å². The molecule has 144 valence electrons. The maximum atomic E-state index is 12.5. The first kappa shape index (κ1) is 17.9. The molecule has 0 saturated carbocycles. The zero-order valence-electron chi connectivity index (χ0n) is 15.5. The number of hydrogen-bond donors (Lipinski definition) is 2. The number of amides is 3. The van der Waals surface area contributed by atoms with Crippen molar-refractivity contribution in [2.45, 2.75) is 25.8 Å². The average Bonchev–Trinajstić information content (AvgIpc) is 3.15. The Labute approximate surface area is 161 Å². The summed E-state index contributed by atoms with van der Waals surface area (Å²) in [6, 6.07) is 11.0. The van der Waals surface area contributed by atoms with E-state index in [1.165, 1.54) is 0 Å². The number of nitrogens with one attached hydrogen (secondary N) is 2. The highest BCUT2D eigenvalue weighted by molar-refractivity contribution is 5.91. The van der Waals surface area contributed by atoms with E-state index in [0.29, 0.717) is 31.7 Å². The van der Waals surface area contributed by atoms with Crippen LogP contribution in [0.25, 0.3) is 5.78 Å². The fourth-order valence-corrected chi connectivity index (χ4v) is 3.20. The van der Waals surface area contributed by atoms with Crippen LogP contribution in [0.2, 0.25) is 0 Å². The van der Waals surface area contributed by atoms with Crippen LogP contribution in [0.3, 0.4) is 0 Å². The summed E-state index contributed by atoms with van der Waals surface area (Å²) in [4.78, 5) is 34.9. The highest BCUT2D eigenvalue weighted by Gasteiger charge is 2.25. The number of fused-ring (bicyclic) bond motifs is 1. The normalized spacial score (nSPS) is 14.8. The van der Waals surface area contributed by atoms with E-state index in [1.807, 2.05) is 37.3 Å². The Morgan fingerprint density at radius 2 is 1.86 bits per heavy atom. The van der Waals surface area contributed by atoms with Crippen molar-refractivity contribution in [3.63, 3.8) is 0 Å². The number of carbonyl (C=O) groups excluding carboxylic acids is 2. The molecule has 0 aliphatic carbocycles. The van der Waals surface area contributed by atoms with Crippen molar-refractivity contribution < 1.29 is 9.59 Å². The van der Waals surface area contributed by atoms with Gasteiger partial charge in [0.2, 0.25) is 5.82 Å². The van der Waals surface area contributed by atoms with Crippen molar-refractivity contribution in [3.8, 4) is 0 Å². The molecule has 28 heavy (non-hydrogen) atoms. The minimum absolute atomic E-state index is 0.0195. The molecule has 0 spiro atoms. The van der Waals surface area contributed by atoms with Crippen LogP contribution in [0, 0.1) is 6.92 Å². The van der Waals surface area contributed by atoms with Crippen LogP contribution in [-0.2, 0) is 0 Å². The van der Waals surface area contributed by atoms with Gasteiger partial charge >= 0.3 is 6.03 Å². The third-order valence-electron chi connectivity index (χ3n) is 4.78. The number of carbonyl (C=O) groups is 2. The van der Waals surface area contributed by atoms with Gasteiger partial charge in [0.15, 0.2) is 0 Å². The standard InChI is InChI=1S/C19H21N7O2/c1-13-7-10-20-18-23-16(24-26(13)18)17(27)21-15-8-11-25(12-9-15)19(28)22-14-5-3-2-4-6-14/h2-7,10,15H,8-9,11-12H2,1H3,(H,21,27)(H,22,28). The topological polar surface area (TPSA) is 105 Å². The molecule has 1 aromatic carbocycles. The summed E-state index contributed by atoms with van der Waals surface area (Å²) >= 11 is 0. The summed E-state index contributed by atoms with van der Waals surface area (Å²) in [5, 5.41) is 10.1. The highest BCUT2D eigenvalue weighted by atomic mass is 16.2. The third-order valence-corrected chi connectivity index (χ3v) is 4.78. The Kier molecular flexibility index (Phi) is 4.88. The van der Waals surface area contributed by atoms with E-state index in [4.69, 9.17) is 0 Å². The number of nitrogens with zero attached hydrogens (tertiary/aromatic N) is 5. The molecule has 0 bridgehead atoms. The van der Waals surface area contributed by atoms with E-state index < -0.39 is 0 Å². The molecule has 1 fully saturated rings. The molecule has 0 radical (unpaired) electrons. The second kappa shape index (κ2) is 7.63. The molecule has 0 unspecified atom stereocenters. The van der Waals surface area contributed by atoms with E-state index in [0.717, 1.165) is 11.4 Å². The van der Waals surface area contributed by atoms with E-state index in [1.54, 1.807) is 21.7 Å². The molecule has 3 amide bonds. The Morgan fingerprint density at radius 3 is 2.57 bits per heavy atom. The molecule has 4 rings (SSSR count). The van der Waals surface area contributed by atoms with Crippen LogP contribution in [0.15, 0.2) is 42.6 Å². The van der Waals surface area contributed by atoms with Crippen LogP contribution >= 0.6 is 0 Å². The summed E-state index contributed by atoms with van der Waals surface area (Å²) in [7, 11) is 0. The molecule has 2 aromatic heterocycles.